The van der Waals surface area contributed by atoms with E-state index in [9.17, 15) is 19.2 Å². The Morgan fingerprint density at radius 2 is 1.04 bits per heavy atom. The van der Waals surface area contributed by atoms with Crippen LogP contribution in [0.3, 0.4) is 0 Å². The second-order valence-electron chi connectivity index (χ2n) is 14.8. The summed E-state index contributed by atoms with van der Waals surface area (Å²) in [6, 6.07) is 3.38. The number of carbonyl (C=O) groups is 2. The highest BCUT2D eigenvalue weighted by Crippen LogP contribution is 2.34. The van der Waals surface area contributed by atoms with Gasteiger partial charge in [0, 0.05) is 24.2 Å². The van der Waals surface area contributed by atoms with E-state index in [0.717, 1.165) is 49.9 Å². The minimum Gasteiger partial charge on any atom is -0.383 e. The maximum Gasteiger partial charge on any atom is 0.276 e. The summed E-state index contributed by atoms with van der Waals surface area (Å²) in [6.07, 6.45) is 5.95. The van der Waals surface area contributed by atoms with Gasteiger partial charge < -0.3 is 42.5 Å². The van der Waals surface area contributed by atoms with E-state index >= 15 is 0 Å². The average molecular weight is 755 g/mol. The van der Waals surface area contributed by atoms with E-state index < -0.39 is 11.3 Å². The van der Waals surface area contributed by atoms with Gasteiger partial charge in [-0.15, -0.1) is 0 Å². The van der Waals surface area contributed by atoms with Crippen molar-refractivity contribution >= 4 is 46.5 Å². The van der Waals surface area contributed by atoms with Crippen molar-refractivity contribution < 1.29 is 9.59 Å². The molecule has 0 saturated carbocycles. The van der Waals surface area contributed by atoms with Gasteiger partial charge in [-0.05, 0) is 104 Å². The van der Waals surface area contributed by atoms with E-state index in [1.165, 1.54) is 12.7 Å². The first-order valence-electron chi connectivity index (χ1n) is 17.9. The van der Waals surface area contributed by atoms with E-state index in [1.54, 1.807) is 35.1 Å². The minimum absolute atomic E-state index is 0. The molecule has 2 saturated heterocycles. The lowest BCUT2D eigenvalue weighted by molar-refractivity contribution is 0.0747. The molecule has 0 bridgehead atoms. The molecule has 292 valence electrons. The summed E-state index contributed by atoms with van der Waals surface area (Å²) in [7, 11) is 4.00. The number of likely N-dealkylation sites (N-methyl/N-ethyl adjacent to an activating group) is 2. The first-order chi connectivity index (χ1) is 25.6. The number of nitrogens with one attached hydrogen (secondary N) is 4. The lowest BCUT2D eigenvalue weighted by Gasteiger charge is -2.39. The predicted molar refractivity (Wildman–Crippen MR) is 211 cm³/mol. The number of likely N-dealkylation sites (tertiary alicyclic amines) is 2. The number of fused-ring (bicyclic) bond motifs is 4. The highest BCUT2D eigenvalue weighted by atomic mass is 16.2. The Morgan fingerprint density at radius 1 is 0.655 bits per heavy atom. The number of aromatic nitrogens is 6. The van der Waals surface area contributed by atoms with Crippen LogP contribution in [0.15, 0.2) is 34.4 Å². The number of pyridine rings is 2. The zero-order valence-electron chi connectivity index (χ0n) is 31.3. The molecule has 4 aliphatic heterocycles. The van der Waals surface area contributed by atoms with Crippen LogP contribution >= 0.6 is 0 Å². The fraction of sp³-hybridized carbons (Fsp3) is 0.459. The number of piperidine rings is 2. The van der Waals surface area contributed by atoms with Gasteiger partial charge in [-0.1, -0.05) is 7.43 Å². The van der Waals surface area contributed by atoms with Crippen LogP contribution in [0.1, 0.15) is 76.3 Å². The van der Waals surface area contributed by atoms with Crippen molar-refractivity contribution in [2.24, 2.45) is 0 Å². The van der Waals surface area contributed by atoms with Crippen LogP contribution < -0.4 is 43.9 Å². The molecule has 4 aliphatic rings. The minimum atomic E-state index is -0.710. The SMILES string of the molecule is C.Cc1cc(Nc2ncnc(N)c2C)c(=O)n2c1C(=O)N[C@@]21CCCN(C)C1.Cc1cc(Nc2ncnc(N)c2C)c(=O)n2c1C(=O)N[C@]21CCCN(C)C1. The topological polar surface area (TPSA) is 236 Å². The van der Waals surface area contributed by atoms with E-state index in [0.29, 0.717) is 70.3 Å². The van der Waals surface area contributed by atoms with Gasteiger partial charge in [0.25, 0.3) is 22.9 Å². The third kappa shape index (κ3) is 6.64. The van der Waals surface area contributed by atoms with Crippen LogP contribution in [-0.4, -0.2) is 91.0 Å². The third-order valence-electron chi connectivity index (χ3n) is 10.8. The standard InChI is InChI=1S/2C18H23N7O2.CH4/c2*1-10-7-12(22-15-11(2)14(19)20-9-21-15)17(27)25-13(10)16(26)23-18(25)5-4-6-24(3)8-18;/h2*7,9H,4-6,8H2,1-3H3,(H,23,26)(H3,19,20,21,22);1H4/t2*18-;/m10./s1. The lowest BCUT2D eigenvalue weighted by Crippen LogP contribution is -2.57. The number of nitrogens with two attached hydrogens (primary N) is 2. The Kier molecular flexibility index (Phi) is 10.2. The molecule has 2 atom stereocenters. The molecule has 8 rings (SSSR count). The van der Waals surface area contributed by atoms with Gasteiger partial charge in [0.15, 0.2) is 0 Å². The Bertz CT molecular complexity index is 2160. The number of amides is 2. The van der Waals surface area contributed by atoms with Crippen molar-refractivity contribution in [3.8, 4) is 0 Å². The van der Waals surface area contributed by atoms with Crippen LogP contribution in [0.5, 0.6) is 0 Å². The molecule has 4 aromatic heterocycles. The molecule has 0 aliphatic carbocycles. The zero-order chi connectivity index (χ0) is 38.7. The quantitative estimate of drug-likeness (QED) is 0.175. The molecule has 18 heteroatoms. The van der Waals surface area contributed by atoms with Crippen LogP contribution in [0.4, 0.5) is 34.6 Å². The number of nitrogens with zero attached hydrogens (tertiary/aromatic N) is 8. The summed E-state index contributed by atoms with van der Waals surface area (Å²) in [5.41, 5.74) is 14.2. The summed E-state index contributed by atoms with van der Waals surface area (Å²) in [6.45, 7) is 10.3. The molecule has 0 radical (unpaired) electrons. The van der Waals surface area contributed by atoms with Crippen molar-refractivity contribution in [3.63, 3.8) is 0 Å². The van der Waals surface area contributed by atoms with Gasteiger partial charge in [-0.2, -0.15) is 0 Å². The number of aryl methyl sites for hydroxylation is 2. The second kappa shape index (κ2) is 14.4. The number of rotatable bonds is 4. The smallest absolute Gasteiger partial charge is 0.276 e. The van der Waals surface area contributed by atoms with Crippen molar-refractivity contribution in [1.29, 1.82) is 0 Å². The summed E-state index contributed by atoms with van der Waals surface area (Å²) in [5.74, 6) is 1.27. The maximum absolute atomic E-state index is 13.4. The number of nitrogen functional groups attached to an aromatic ring is 2. The maximum atomic E-state index is 13.4. The van der Waals surface area contributed by atoms with Crippen LogP contribution in [0.25, 0.3) is 0 Å². The molecule has 2 spiro atoms. The number of carbonyl (C=O) groups excluding carboxylic acids is 2. The Labute approximate surface area is 318 Å². The fourth-order valence-electron chi connectivity index (χ4n) is 8.20. The summed E-state index contributed by atoms with van der Waals surface area (Å²) in [5, 5.41) is 12.3. The molecule has 2 amide bonds. The van der Waals surface area contributed by atoms with Crippen molar-refractivity contribution in [1.82, 2.24) is 49.5 Å². The Hall–Kier alpha value is -5.88. The third-order valence-corrected chi connectivity index (χ3v) is 10.8. The van der Waals surface area contributed by atoms with Gasteiger partial charge in [0.1, 0.15) is 70.0 Å². The molecular formula is C37H50N14O4. The highest BCUT2D eigenvalue weighted by molar-refractivity contribution is 5.97. The van der Waals surface area contributed by atoms with E-state index in [2.05, 4.69) is 51.0 Å². The van der Waals surface area contributed by atoms with Gasteiger partial charge in [-0.3, -0.25) is 28.3 Å². The Morgan fingerprint density at radius 3 is 1.40 bits per heavy atom. The van der Waals surface area contributed by atoms with Gasteiger partial charge >= 0.3 is 0 Å². The molecular weight excluding hydrogens is 705 g/mol. The first kappa shape index (κ1) is 38.8. The first-order valence-corrected chi connectivity index (χ1v) is 17.9. The van der Waals surface area contributed by atoms with Crippen molar-refractivity contribution in [3.05, 3.63) is 79.1 Å². The second-order valence-corrected chi connectivity index (χ2v) is 14.8. The van der Waals surface area contributed by atoms with Crippen molar-refractivity contribution in [2.75, 3.05) is 62.4 Å². The average Bonchev–Trinajstić information content (AvgIpc) is 3.55. The van der Waals surface area contributed by atoms with Gasteiger partial charge in [-0.25, -0.2) is 19.9 Å². The van der Waals surface area contributed by atoms with Crippen LogP contribution in [0.2, 0.25) is 0 Å². The predicted octanol–water partition coefficient (Wildman–Crippen LogP) is 2.04. The van der Waals surface area contributed by atoms with Crippen LogP contribution in [0, 0.1) is 27.7 Å². The molecule has 18 nitrogen and oxygen atoms in total. The Balaban J connectivity index is 0.000000184. The van der Waals surface area contributed by atoms with Crippen molar-refractivity contribution in [2.45, 2.75) is 72.1 Å². The number of anilines is 6. The van der Waals surface area contributed by atoms with E-state index in [1.807, 2.05) is 27.9 Å². The summed E-state index contributed by atoms with van der Waals surface area (Å²) < 4.78 is 3.26. The lowest BCUT2D eigenvalue weighted by atomic mass is 9.98. The molecule has 55 heavy (non-hydrogen) atoms. The normalized spacial score (nSPS) is 21.6. The zero-order valence-corrected chi connectivity index (χ0v) is 31.3. The summed E-state index contributed by atoms with van der Waals surface area (Å²) in [4.78, 5) is 72.5. The molecule has 0 aromatic carbocycles. The number of hydrogen-bond acceptors (Lipinski definition) is 14. The molecule has 0 unspecified atom stereocenters. The van der Waals surface area contributed by atoms with Gasteiger partial charge in [0.05, 0.1) is 0 Å². The highest BCUT2D eigenvalue weighted by Gasteiger charge is 2.48. The fourth-order valence-corrected chi connectivity index (χ4v) is 8.20. The molecule has 8 heterocycles. The van der Waals surface area contributed by atoms with Gasteiger partial charge in [0.2, 0.25) is 0 Å². The van der Waals surface area contributed by atoms with E-state index in [4.69, 9.17) is 11.5 Å². The molecule has 4 aromatic rings. The largest absolute Gasteiger partial charge is 0.383 e. The van der Waals surface area contributed by atoms with Crippen LogP contribution in [-0.2, 0) is 11.3 Å². The monoisotopic (exact) mass is 754 g/mol. The molecule has 8 N–H and O–H groups in total. The molecule has 2 fully saturated rings. The summed E-state index contributed by atoms with van der Waals surface area (Å²) >= 11 is 0. The number of hydrogen-bond donors (Lipinski definition) is 6. The van der Waals surface area contributed by atoms with E-state index in [-0.39, 0.29) is 30.4 Å².